The number of aliphatic hydroxyl groups is 1. The van der Waals surface area contributed by atoms with Gasteiger partial charge in [0.1, 0.15) is 0 Å². The Labute approximate surface area is 91.9 Å². The molecule has 0 aliphatic rings. The lowest BCUT2D eigenvalue weighted by molar-refractivity contribution is 0.119. The summed E-state index contributed by atoms with van der Waals surface area (Å²) in [4.78, 5) is 0. The number of aliphatic hydroxyl groups excluding tert-OH is 1. The molecule has 0 saturated heterocycles. The van der Waals surface area contributed by atoms with E-state index in [0.717, 1.165) is 19.3 Å². The Bertz CT molecular complexity index is 266. The van der Waals surface area contributed by atoms with Crippen molar-refractivity contribution in [2.45, 2.75) is 32.3 Å². The third-order valence-corrected chi connectivity index (χ3v) is 2.57. The molecule has 1 aromatic rings. The Kier molecular flexibility index (Phi) is 5.37. The van der Waals surface area contributed by atoms with Gasteiger partial charge >= 0.3 is 0 Å². The molecule has 0 aromatic heterocycles. The smallest absolute Gasteiger partial charge is 0.0583 e. The Morgan fingerprint density at radius 1 is 1.20 bits per heavy atom. The lowest BCUT2D eigenvalue weighted by Crippen LogP contribution is -2.08. The van der Waals surface area contributed by atoms with Gasteiger partial charge in [0, 0.05) is 13.7 Å². The molecule has 0 fully saturated rings. The summed E-state index contributed by atoms with van der Waals surface area (Å²) in [7, 11) is 1.74. The Morgan fingerprint density at radius 3 is 2.33 bits per heavy atom. The van der Waals surface area contributed by atoms with E-state index in [4.69, 9.17) is 9.84 Å². The maximum atomic E-state index is 8.72. The van der Waals surface area contributed by atoms with E-state index in [1.807, 2.05) is 0 Å². The topological polar surface area (TPSA) is 29.5 Å². The molecule has 0 radical (unpaired) electrons. The lowest BCUT2D eigenvalue weighted by Gasteiger charge is -2.09. The molecular formula is C13H20O2. The number of ether oxygens (including phenoxy) is 1. The average Bonchev–Trinajstić information content (AvgIpc) is 2.28. The third kappa shape index (κ3) is 4.45. The number of methoxy groups -OCH3 is 1. The first-order valence-electron chi connectivity index (χ1n) is 5.47. The van der Waals surface area contributed by atoms with E-state index in [0.29, 0.717) is 0 Å². The van der Waals surface area contributed by atoms with Crippen molar-refractivity contribution >= 4 is 0 Å². The van der Waals surface area contributed by atoms with E-state index in [9.17, 15) is 0 Å². The number of rotatable bonds is 6. The molecule has 0 bridgehead atoms. The van der Waals surface area contributed by atoms with E-state index in [-0.39, 0.29) is 12.7 Å². The van der Waals surface area contributed by atoms with Gasteiger partial charge in [-0.1, -0.05) is 24.3 Å². The van der Waals surface area contributed by atoms with E-state index in [2.05, 4.69) is 31.2 Å². The summed E-state index contributed by atoms with van der Waals surface area (Å²) in [6.45, 7) is 2.34. The molecular weight excluding hydrogens is 188 g/mol. The average molecular weight is 208 g/mol. The van der Waals surface area contributed by atoms with Crippen LogP contribution in [0, 0.1) is 0 Å². The van der Waals surface area contributed by atoms with Crippen LogP contribution in [0.1, 0.15) is 24.5 Å². The Hall–Kier alpha value is -0.860. The first kappa shape index (κ1) is 12.2. The fourth-order valence-corrected chi connectivity index (χ4v) is 1.54. The standard InChI is InChI=1S/C13H20O2/c1-11(15-2)10-13-7-5-12(6-8-13)4-3-9-14/h5-8,11,14H,3-4,9-10H2,1-2H3. The molecule has 0 heterocycles. The summed E-state index contributed by atoms with van der Waals surface area (Å²) in [5.41, 5.74) is 2.59. The molecule has 2 heteroatoms. The number of benzene rings is 1. The molecule has 1 N–H and O–H groups in total. The van der Waals surface area contributed by atoms with Crippen LogP contribution in [0.15, 0.2) is 24.3 Å². The Morgan fingerprint density at radius 2 is 1.80 bits per heavy atom. The van der Waals surface area contributed by atoms with Gasteiger partial charge in [0.25, 0.3) is 0 Å². The monoisotopic (exact) mass is 208 g/mol. The molecule has 0 aliphatic carbocycles. The molecule has 1 atom stereocenters. The highest BCUT2D eigenvalue weighted by Gasteiger charge is 2.01. The van der Waals surface area contributed by atoms with Gasteiger partial charge in [-0.15, -0.1) is 0 Å². The SMILES string of the molecule is COC(C)Cc1ccc(CCCO)cc1. The highest BCUT2D eigenvalue weighted by Crippen LogP contribution is 2.09. The van der Waals surface area contributed by atoms with Crippen LogP contribution in [0.25, 0.3) is 0 Å². The molecule has 15 heavy (non-hydrogen) atoms. The van der Waals surface area contributed by atoms with Crippen molar-refractivity contribution in [2.24, 2.45) is 0 Å². The Balaban J connectivity index is 2.48. The summed E-state index contributed by atoms with van der Waals surface area (Å²) in [6.07, 6.45) is 3.02. The minimum atomic E-state index is 0.266. The van der Waals surface area contributed by atoms with E-state index >= 15 is 0 Å². The van der Waals surface area contributed by atoms with Gasteiger partial charge < -0.3 is 9.84 Å². The third-order valence-electron chi connectivity index (χ3n) is 2.57. The summed E-state index contributed by atoms with van der Waals surface area (Å²) in [5.74, 6) is 0. The van der Waals surface area contributed by atoms with Crippen molar-refractivity contribution in [3.63, 3.8) is 0 Å². The van der Waals surface area contributed by atoms with Crippen LogP contribution in [-0.4, -0.2) is 24.9 Å². The predicted octanol–water partition coefficient (Wildman–Crippen LogP) is 2.19. The van der Waals surface area contributed by atoms with Crippen LogP contribution in [0.5, 0.6) is 0 Å². The first-order valence-corrected chi connectivity index (χ1v) is 5.47. The fourth-order valence-electron chi connectivity index (χ4n) is 1.54. The van der Waals surface area contributed by atoms with Crippen LogP contribution in [0.4, 0.5) is 0 Å². The predicted molar refractivity (Wildman–Crippen MR) is 62.0 cm³/mol. The summed E-state index contributed by atoms with van der Waals surface area (Å²) in [6, 6.07) is 8.55. The molecule has 1 rings (SSSR count). The van der Waals surface area contributed by atoms with Gasteiger partial charge in [-0.3, -0.25) is 0 Å². The number of hydrogen-bond donors (Lipinski definition) is 1. The van der Waals surface area contributed by atoms with Gasteiger partial charge in [-0.05, 0) is 37.3 Å². The molecule has 1 unspecified atom stereocenters. The van der Waals surface area contributed by atoms with E-state index < -0.39 is 0 Å². The van der Waals surface area contributed by atoms with Gasteiger partial charge in [-0.2, -0.15) is 0 Å². The largest absolute Gasteiger partial charge is 0.396 e. The number of hydrogen-bond acceptors (Lipinski definition) is 2. The molecule has 0 saturated carbocycles. The molecule has 0 amide bonds. The molecule has 0 aliphatic heterocycles. The zero-order chi connectivity index (χ0) is 11.1. The minimum Gasteiger partial charge on any atom is -0.396 e. The van der Waals surface area contributed by atoms with Gasteiger partial charge in [0.05, 0.1) is 6.10 Å². The van der Waals surface area contributed by atoms with Crippen molar-refractivity contribution in [3.8, 4) is 0 Å². The zero-order valence-electron chi connectivity index (χ0n) is 9.57. The fraction of sp³-hybridized carbons (Fsp3) is 0.538. The van der Waals surface area contributed by atoms with Crippen molar-refractivity contribution < 1.29 is 9.84 Å². The van der Waals surface area contributed by atoms with E-state index in [1.165, 1.54) is 11.1 Å². The minimum absolute atomic E-state index is 0.266. The van der Waals surface area contributed by atoms with Crippen molar-refractivity contribution in [3.05, 3.63) is 35.4 Å². The lowest BCUT2D eigenvalue weighted by atomic mass is 10.0. The summed E-state index contributed by atoms with van der Waals surface area (Å²) >= 11 is 0. The molecule has 84 valence electrons. The molecule has 2 nitrogen and oxygen atoms in total. The van der Waals surface area contributed by atoms with Crippen LogP contribution < -0.4 is 0 Å². The zero-order valence-corrected chi connectivity index (χ0v) is 9.57. The maximum Gasteiger partial charge on any atom is 0.0583 e. The van der Waals surface area contributed by atoms with Crippen LogP contribution in [0.2, 0.25) is 0 Å². The highest BCUT2D eigenvalue weighted by molar-refractivity contribution is 5.23. The number of aryl methyl sites for hydroxylation is 1. The summed E-state index contributed by atoms with van der Waals surface area (Å²) < 4.78 is 5.22. The highest BCUT2D eigenvalue weighted by atomic mass is 16.5. The second-order valence-corrected chi connectivity index (χ2v) is 3.89. The van der Waals surface area contributed by atoms with Crippen molar-refractivity contribution in [2.75, 3.05) is 13.7 Å². The second-order valence-electron chi connectivity index (χ2n) is 3.89. The first-order chi connectivity index (χ1) is 7.26. The molecule has 0 spiro atoms. The van der Waals surface area contributed by atoms with Crippen LogP contribution >= 0.6 is 0 Å². The van der Waals surface area contributed by atoms with E-state index in [1.54, 1.807) is 7.11 Å². The van der Waals surface area contributed by atoms with Crippen molar-refractivity contribution in [1.29, 1.82) is 0 Å². The second kappa shape index (κ2) is 6.59. The normalized spacial score (nSPS) is 12.7. The van der Waals surface area contributed by atoms with Crippen molar-refractivity contribution in [1.82, 2.24) is 0 Å². The maximum absolute atomic E-state index is 8.72. The van der Waals surface area contributed by atoms with Gasteiger partial charge in [0.15, 0.2) is 0 Å². The summed E-state index contributed by atoms with van der Waals surface area (Å²) in [5, 5.41) is 8.72. The van der Waals surface area contributed by atoms with Gasteiger partial charge in [0.2, 0.25) is 0 Å². The van der Waals surface area contributed by atoms with Crippen LogP contribution in [0.3, 0.4) is 0 Å². The van der Waals surface area contributed by atoms with Gasteiger partial charge in [-0.25, -0.2) is 0 Å². The molecule has 1 aromatic carbocycles. The van der Waals surface area contributed by atoms with Crippen LogP contribution in [-0.2, 0) is 17.6 Å². The quantitative estimate of drug-likeness (QED) is 0.776.